The van der Waals surface area contributed by atoms with E-state index in [2.05, 4.69) is 10.3 Å². The first-order valence-electron chi connectivity index (χ1n) is 5.30. The van der Waals surface area contributed by atoms with Crippen molar-refractivity contribution in [3.8, 4) is 0 Å². The van der Waals surface area contributed by atoms with Crippen LogP contribution in [0.1, 0.15) is 16.1 Å². The normalized spacial score (nSPS) is 10.1. The van der Waals surface area contributed by atoms with Crippen molar-refractivity contribution in [2.75, 3.05) is 5.32 Å². The van der Waals surface area contributed by atoms with Crippen LogP contribution in [0.4, 0.5) is 11.5 Å². The summed E-state index contributed by atoms with van der Waals surface area (Å²) in [4.78, 5) is 14.8. The number of carboxylic acid groups (broad SMARTS) is 1. The fraction of sp³-hybridized carbons (Fsp3) is 0.0769. The number of hydrogen-bond acceptors (Lipinski definition) is 3. The third-order valence-corrected chi connectivity index (χ3v) is 2.92. The molecule has 0 bridgehead atoms. The van der Waals surface area contributed by atoms with Crippen molar-refractivity contribution in [1.82, 2.24) is 4.98 Å². The van der Waals surface area contributed by atoms with E-state index < -0.39 is 5.97 Å². The molecule has 0 fully saturated rings. The molecule has 4 nitrogen and oxygen atoms in total. The van der Waals surface area contributed by atoms with Gasteiger partial charge in [0, 0.05) is 0 Å². The quantitative estimate of drug-likeness (QED) is 0.889. The molecule has 0 amide bonds. The molecule has 2 rings (SSSR count). The Morgan fingerprint density at radius 1 is 1.28 bits per heavy atom. The zero-order valence-corrected chi connectivity index (χ0v) is 10.4. The number of halogens is 1. The van der Waals surface area contributed by atoms with E-state index in [9.17, 15) is 4.79 Å². The number of aryl methyl sites for hydroxylation is 1. The average Bonchev–Trinajstić information content (AvgIpc) is 2.35. The maximum absolute atomic E-state index is 10.8. The number of anilines is 2. The minimum absolute atomic E-state index is 0.0104. The second kappa shape index (κ2) is 5.06. The molecule has 92 valence electrons. The molecule has 1 aromatic heterocycles. The molecule has 0 saturated carbocycles. The molecule has 0 unspecified atom stereocenters. The number of carboxylic acids is 1. The average molecular weight is 263 g/mol. The van der Waals surface area contributed by atoms with Gasteiger partial charge in [-0.15, -0.1) is 0 Å². The van der Waals surface area contributed by atoms with E-state index in [4.69, 9.17) is 16.7 Å². The van der Waals surface area contributed by atoms with Crippen molar-refractivity contribution in [3.63, 3.8) is 0 Å². The molecular formula is C13H11ClN2O2. The van der Waals surface area contributed by atoms with Crippen LogP contribution in [0, 0.1) is 6.92 Å². The van der Waals surface area contributed by atoms with E-state index in [-0.39, 0.29) is 5.69 Å². The van der Waals surface area contributed by atoms with E-state index in [1.807, 2.05) is 25.1 Å². The van der Waals surface area contributed by atoms with Crippen LogP contribution in [0.3, 0.4) is 0 Å². The molecular weight excluding hydrogens is 252 g/mol. The van der Waals surface area contributed by atoms with Crippen LogP contribution in [-0.2, 0) is 0 Å². The van der Waals surface area contributed by atoms with Crippen molar-refractivity contribution >= 4 is 29.1 Å². The number of rotatable bonds is 3. The first kappa shape index (κ1) is 12.4. The van der Waals surface area contributed by atoms with E-state index in [0.717, 1.165) is 5.56 Å². The SMILES string of the molecule is Cc1cccc(Nc2cccc(C(=O)O)n2)c1Cl. The third kappa shape index (κ3) is 2.60. The third-order valence-electron chi connectivity index (χ3n) is 2.42. The Hall–Kier alpha value is -2.07. The Balaban J connectivity index is 2.31. The highest BCUT2D eigenvalue weighted by molar-refractivity contribution is 6.34. The lowest BCUT2D eigenvalue weighted by Gasteiger charge is -2.09. The van der Waals surface area contributed by atoms with Gasteiger partial charge < -0.3 is 10.4 Å². The molecule has 0 saturated heterocycles. The van der Waals surface area contributed by atoms with E-state index in [1.54, 1.807) is 12.1 Å². The molecule has 5 heteroatoms. The Morgan fingerprint density at radius 3 is 2.72 bits per heavy atom. The maximum atomic E-state index is 10.8. The van der Waals surface area contributed by atoms with Gasteiger partial charge in [-0.05, 0) is 30.7 Å². The van der Waals surface area contributed by atoms with E-state index in [1.165, 1.54) is 6.07 Å². The number of pyridine rings is 1. The first-order chi connectivity index (χ1) is 8.58. The topological polar surface area (TPSA) is 62.2 Å². The van der Waals surface area contributed by atoms with Gasteiger partial charge in [-0.1, -0.05) is 29.8 Å². The van der Waals surface area contributed by atoms with Crippen LogP contribution in [0.5, 0.6) is 0 Å². The second-order valence-electron chi connectivity index (χ2n) is 3.77. The van der Waals surface area contributed by atoms with Gasteiger partial charge in [0.25, 0.3) is 0 Å². The zero-order chi connectivity index (χ0) is 13.1. The monoisotopic (exact) mass is 262 g/mol. The Labute approximate surface area is 109 Å². The molecule has 18 heavy (non-hydrogen) atoms. The van der Waals surface area contributed by atoms with Crippen LogP contribution in [0.15, 0.2) is 36.4 Å². The highest BCUT2D eigenvalue weighted by atomic mass is 35.5. The summed E-state index contributed by atoms with van der Waals surface area (Å²) in [6, 6.07) is 10.3. The summed E-state index contributed by atoms with van der Waals surface area (Å²) < 4.78 is 0. The van der Waals surface area contributed by atoms with Crippen molar-refractivity contribution < 1.29 is 9.90 Å². The van der Waals surface area contributed by atoms with Crippen LogP contribution in [0.25, 0.3) is 0 Å². The predicted octanol–water partition coefficient (Wildman–Crippen LogP) is 3.49. The molecule has 0 spiro atoms. The maximum Gasteiger partial charge on any atom is 0.354 e. The van der Waals surface area contributed by atoms with Crippen LogP contribution < -0.4 is 5.32 Å². The van der Waals surface area contributed by atoms with Gasteiger partial charge >= 0.3 is 5.97 Å². The van der Waals surface area contributed by atoms with E-state index in [0.29, 0.717) is 16.5 Å². The summed E-state index contributed by atoms with van der Waals surface area (Å²) in [5.74, 6) is -0.614. The molecule has 2 aromatic rings. The number of benzene rings is 1. The first-order valence-corrected chi connectivity index (χ1v) is 5.68. The Morgan fingerprint density at radius 2 is 2.00 bits per heavy atom. The minimum Gasteiger partial charge on any atom is -0.477 e. The second-order valence-corrected chi connectivity index (χ2v) is 4.15. The Bertz CT molecular complexity index is 599. The molecule has 0 aliphatic heterocycles. The fourth-order valence-electron chi connectivity index (χ4n) is 1.51. The molecule has 1 heterocycles. The van der Waals surface area contributed by atoms with Crippen molar-refractivity contribution in [2.45, 2.75) is 6.92 Å². The fourth-order valence-corrected chi connectivity index (χ4v) is 1.68. The molecule has 0 aliphatic rings. The largest absolute Gasteiger partial charge is 0.477 e. The standard InChI is InChI=1S/C13H11ClN2O2/c1-8-4-2-5-9(12(8)14)15-11-7-3-6-10(16-11)13(17)18/h2-7H,1H3,(H,15,16)(H,17,18). The Kier molecular flexibility index (Phi) is 3.48. The van der Waals surface area contributed by atoms with Crippen molar-refractivity contribution in [3.05, 3.63) is 52.7 Å². The van der Waals surface area contributed by atoms with Gasteiger partial charge in [0.15, 0.2) is 5.69 Å². The lowest BCUT2D eigenvalue weighted by molar-refractivity contribution is 0.0690. The van der Waals surface area contributed by atoms with Gasteiger partial charge in [0.2, 0.25) is 0 Å². The number of nitrogens with zero attached hydrogens (tertiary/aromatic N) is 1. The summed E-state index contributed by atoms with van der Waals surface area (Å²) in [7, 11) is 0. The molecule has 1 aromatic carbocycles. The lowest BCUT2D eigenvalue weighted by Crippen LogP contribution is -2.02. The number of aromatic carboxylic acids is 1. The van der Waals surface area contributed by atoms with Crippen LogP contribution in [0.2, 0.25) is 5.02 Å². The van der Waals surface area contributed by atoms with Crippen molar-refractivity contribution in [2.24, 2.45) is 0 Å². The van der Waals surface area contributed by atoms with Crippen molar-refractivity contribution in [1.29, 1.82) is 0 Å². The summed E-state index contributed by atoms with van der Waals surface area (Å²) >= 11 is 6.14. The number of hydrogen-bond donors (Lipinski definition) is 2. The van der Waals surface area contributed by atoms with Gasteiger partial charge in [0.05, 0.1) is 10.7 Å². The van der Waals surface area contributed by atoms with E-state index >= 15 is 0 Å². The summed E-state index contributed by atoms with van der Waals surface area (Å²) in [6.45, 7) is 1.90. The summed E-state index contributed by atoms with van der Waals surface area (Å²) in [5.41, 5.74) is 1.63. The molecule has 0 radical (unpaired) electrons. The smallest absolute Gasteiger partial charge is 0.354 e. The minimum atomic E-state index is -1.06. The van der Waals surface area contributed by atoms with Crippen LogP contribution in [-0.4, -0.2) is 16.1 Å². The van der Waals surface area contributed by atoms with Gasteiger partial charge in [-0.2, -0.15) is 0 Å². The van der Waals surface area contributed by atoms with Crippen LogP contribution >= 0.6 is 11.6 Å². The lowest BCUT2D eigenvalue weighted by atomic mass is 10.2. The molecule has 0 aliphatic carbocycles. The van der Waals surface area contributed by atoms with Gasteiger partial charge in [-0.25, -0.2) is 9.78 Å². The number of carbonyl (C=O) groups is 1. The highest BCUT2D eigenvalue weighted by Crippen LogP contribution is 2.27. The van der Waals surface area contributed by atoms with Gasteiger partial charge in [-0.3, -0.25) is 0 Å². The van der Waals surface area contributed by atoms with Gasteiger partial charge in [0.1, 0.15) is 5.82 Å². The highest BCUT2D eigenvalue weighted by Gasteiger charge is 2.07. The molecule has 2 N–H and O–H groups in total. The predicted molar refractivity (Wildman–Crippen MR) is 70.7 cm³/mol. The zero-order valence-electron chi connectivity index (χ0n) is 9.64. The summed E-state index contributed by atoms with van der Waals surface area (Å²) in [5, 5.41) is 12.5. The molecule has 0 atom stereocenters. The summed E-state index contributed by atoms with van der Waals surface area (Å²) in [6.07, 6.45) is 0. The number of aromatic nitrogens is 1. The number of nitrogens with one attached hydrogen (secondary N) is 1.